The quantitative estimate of drug-likeness (QED) is 0.650. The van der Waals surface area contributed by atoms with Crippen LogP contribution in [0.25, 0.3) is 0 Å². The van der Waals surface area contributed by atoms with Crippen molar-refractivity contribution in [2.75, 3.05) is 20.2 Å². The molecule has 2 unspecified atom stereocenters. The van der Waals surface area contributed by atoms with Gasteiger partial charge in [0.15, 0.2) is 0 Å². The fraction of sp³-hybridized carbons (Fsp3) is 1.00. The number of hydrogen-bond acceptors (Lipinski definition) is 3. The Kier molecular flexibility index (Phi) is 2.58. The van der Waals surface area contributed by atoms with Crippen molar-refractivity contribution < 1.29 is 5.11 Å². The fourth-order valence-electron chi connectivity index (χ4n) is 2.27. The Labute approximate surface area is 80.1 Å². The molecule has 13 heavy (non-hydrogen) atoms. The summed E-state index contributed by atoms with van der Waals surface area (Å²) in [6.07, 6.45) is 2.43. The summed E-state index contributed by atoms with van der Waals surface area (Å²) in [6.45, 7) is 3.80. The second kappa shape index (κ2) is 3.56. The molecule has 4 atom stereocenters. The summed E-state index contributed by atoms with van der Waals surface area (Å²) >= 11 is 0. The van der Waals surface area contributed by atoms with E-state index in [1.165, 1.54) is 12.8 Å². The van der Waals surface area contributed by atoms with Gasteiger partial charge in [-0.3, -0.25) is 0 Å². The number of aliphatic hydroxyl groups excluding tert-OH is 1. The number of likely N-dealkylation sites (N-methyl/N-ethyl adjacent to an activating group) is 1. The van der Waals surface area contributed by atoms with Crippen LogP contribution >= 0.6 is 0 Å². The summed E-state index contributed by atoms with van der Waals surface area (Å²) in [5.41, 5.74) is 0. The molecule has 1 saturated heterocycles. The van der Waals surface area contributed by atoms with Crippen LogP contribution in [0, 0.1) is 5.92 Å². The maximum absolute atomic E-state index is 8.90. The molecular weight excluding hydrogens is 164 g/mol. The van der Waals surface area contributed by atoms with Gasteiger partial charge in [-0.2, -0.15) is 0 Å². The van der Waals surface area contributed by atoms with Gasteiger partial charge in [0.05, 0.1) is 0 Å². The monoisotopic (exact) mass is 184 g/mol. The lowest BCUT2D eigenvalue weighted by atomic mass is 10.2. The summed E-state index contributed by atoms with van der Waals surface area (Å²) in [4.78, 5) is 2.40. The van der Waals surface area contributed by atoms with E-state index in [1.807, 2.05) is 0 Å². The molecule has 0 aromatic heterocycles. The summed E-state index contributed by atoms with van der Waals surface area (Å²) in [5, 5.41) is 12.5. The third-order valence-corrected chi connectivity index (χ3v) is 3.49. The van der Waals surface area contributed by atoms with Gasteiger partial charge in [0.1, 0.15) is 0 Å². The number of aliphatic hydroxyl groups is 1. The molecule has 0 radical (unpaired) electrons. The maximum atomic E-state index is 8.90. The molecule has 0 aromatic rings. The van der Waals surface area contributed by atoms with Crippen LogP contribution in [0.2, 0.25) is 0 Å². The van der Waals surface area contributed by atoms with Crippen molar-refractivity contribution in [3.05, 3.63) is 0 Å². The van der Waals surface area contributed by atoms with Gasteiger partial charge in [-0.1, -0.05) is 0 Å². The van der Waals surface area contributed by atoms with Crippen molar-refractivity contribution in [2.45, 2.75) is 37.9 Å². The molecule has 2 fully saturated rings. The Balaban J connectivity index is 1.72. The number of nitrogens with one attached hydrogen (secondary N) is 1. The normalized spacial score (nSPS) is 45.5. The van der Waals surface area contributed by atoms with Crippen molar-refractivity contribution in [1.82, 2.24) is 10.2 Å². The van der Waals surface area contributed by atoms with E-state index >= 15 is 0 Å². The SMILES string of the molecule is CC1CC(N[C@@H]2C[C@H]2CO)CN1C. The Hall–Kier alpha value is -0.120. The molecular formula is C10H20N2O. The van der Waals surface area contributed by atoms with Gasteiger partial charge in [0, 0.05) is 31.3 Å². The molecule has 1 aliphatic carbocycles. The first-order valence-corrected chi connectivity index (χ1v) is 5.28. The van der Waals surface area contributed by atoms with Crippen LogP contribution in [0.5, 0.6) is 0 Å². The number of nitrogens with zero attached hydrogens (tertiary/aromatic N) is 1. The van der Waals surface area contributed by atoms with Gasteiger partial charge in [-0.05, 0) is 32.7 Å². The lowest BCUT2D eigenvalue weighted by Crippen LogP contribution is -2.34. The van der Waals surface area contributed by atoms with Crippen LogP contribution < -0.4 is 5.32 Å². The van der Waals surface area contributed by atoms with E-state index < -0.39 is 0 Å². The second-order valence-electron chi connectivity index (χ2n) is 4.67. The number of likely N-dealkylation sites (tertiary alicyclic amines) is 1. The molecule has 76 valence electrons. The molecule has 0 spiro atoms. The zero-order chi connectivity index (χ0) is 9.42. The van der Waals surface area contributed by atoms with Gasteiger partial charge in [0.2, 0.25) is 0 Å². The minimum atomic E-state index is 0.357. The van der Waals surface area contributed by atoms with Gasteiger partial charge in [0.25, 0.3) is 0 Å². The number of hydrogen-bond donors (Lipinski definition) is 2. The van der Waals surface area contributed by atoms with Gasteiger partial charge in [-0.15, -0.1) is 0 Å². The molecule has 2 N–H and O–H groups in total. The highest BCUT2D eigenvalue weighted by atomic mass is 16.3. The Bertz CT molecular complexity index is 176. The first-order chi connectivity index (χ1) is 6.20. The summed E-state index contributed by atoms with van der Waals surface area (Å²) in [7, 11) is 2.18. The predicted octanol–water partition coefficient (Wildman–Crippen LogP) is 0.0494. The largest absolute Gasteiger partial charge is 0.396 e. The van der Waals surface area contributed by atoms with Crippen LogP contribution in [0.1, 0.15) is 19.8 Å². The second-order valence-corrected chi connectivity index (χ2v) is 4.67. The van der Waals surface area contributed by atoms with E-state index in [0.29, 0.717) is 30.7 Å². The third kappa shape index (κ3) is 2.03. The van der Waals surface area contributed by atoms with Gasteiger partial charge < -0.3 is 15.3 Å². The van der Waals surface area contributed by atoms with Crippen molar-refractivity contribution in [1.29, 1.82) is 0 Å². The molecule has 1 saturated carbocycles. The van der Waals surface area contributed by atoms with Crippen LogP contribution in [0.15, 0.2) is 0 Å². The zero-order valence-electron chi connectivity index (χ0n) is 8.53. The van der Waals surface area contributed by atoms with E-state index in [9.17, 15) is 0 Å². The summed E-state index contributed by atoms with van der Waals surface area (Å²) in [5.74, 6) is 0.543. The lowest BCUT2D eigenvalue weighted by Gasteiger charge is -2.13. The predicted molar refractivity (Wildman–Crippen MR) is 52.6 cm³/mol. The molecule has 1 aliphatic heterocycles. The van der Waals surface area contributed by atoms with E-state index in [0.717, 1.165) is 6.54 Å². The molecule has 0 amide bonds. The smallest absolute Gasteiger partial charge is 0.0474 e. The van der Waals surface area contributed by atoms with Gasteiger partial charge in [-0.25, -0.2) is 0 Å². The fourth-order valence-corrected chi connectivity index (χ4v) is 2.27. The summed E-state index contributed by atoms with van der Waals surface area (Å²) in [6, 6.07) is 1.97. The Morgan fingerprint density at radius 1 is 1.46 bits per heavy atom. The van der Waals surface area contributed by atoms with E-state index in [1.54, 1.807) is 0 Å². The topological polar surface area (TPSA) is 35.5 Å². The van der Waals surface area contributed by atoms with Crippen LogP contribution in [-0.2, 0) is 0 Å². The van der Waals surface area contributed by atoms with Crippen LogP contribution in [0.3, 0.4) is 0 Å². The minimum absolute atomic E-state index is 0.357. The summed E-state index contributed by atoms with van der Waals surface area (Å²) < 4.78 is 0. The highest BCUT2D eigenvalue weighted by Crippen LogP contribution is 2.31. The number of rotatable bonds is 3. The van der Waals surface area contributed by atoms with Crippen LogP contribution in [0.4, 0.5) is 0 Å². The van der Waals surface area contributed by atoms with Crippen molar-refractivity contribution in [3.8, 4) is 0 Å². The average Bonchev–Trinajstić information content (AvgIpc) is 2.75. The standard InChI is InChI=1S/C10H20N2O/c1-7-3-9(5-12(7)2)11-10-4-8(10)6-13/h7-11,13H,3-6H2,1-2H3/t7?,8-,9?,10+/m0/s1. The Morgan fingerprint density at radius 2 is 2.23 bits per heavy atom. The zero-order valence-corrected chi connectivity index (χ0v) is 8.53. The highest BCUT2D eigenvalue weighted by molar-refractivity contribution is 4.97. The molecule has 0 aromatic carbocycles. The molecule has 0 bridgehead atoms. The third-order valence-electron chi connectivity index (χ3n) is 3.49. The molecule has 3 heteroatoms. The Morgan fingerprint density at radius 3 is 2.69 bits per heavy atom. The first kappa shape index (κ1) is 9.44. The highest BCUT2D eigenvalue weighted by Gasteiger charge is 2.39. The van der Waals surface area contributed by atoms with Crippen molar-refractivity contribution in [3.63, 3.8) is 0 Å². The van der Waals surface area contributed by atoms with Gasteiger partial charge >= 0.3 is 0 Å². The van der Waals surface area contributed by atoms with E-state index in [-0.39, 0.29) is 0 Å². The van der Waals surface area contributed by atoms with E-state index in [2.05, 4.69) is 24.2 Å². The average molecular weight is 184 g/mol. The molecule has 2 rings (SSSR count). The molecule has 2 aliphatic rings. The molecule has 3 nitrogen and oxygen atoms in total. The molecule has 1 heterocycles. The minimum Gasteiger partial charge on any atom is -0.396 e. The lowest BCUT2D eigenvalue weighted by molar-refractivity contribution is 0.268. The van der Waals surface area contributed by atoms with Crippen molar-refractivity contribution in [2.24, 2.45) is 5.92 Å². The van der Waals surface area contributed by atoms with Crippen molar-refractivity contribution >= 4 is 0 Å². The van der Waals surface area contributed by atoms with Crippen LogP contribution in [-0.4, -0.2) is 48.3 Å². The first-order valence-electron chi connectivity index (χ1n) is 5.28. The maximum Gasteiger partial charge on any atom is 0.0474 e. The van der Waals surface area contributed by atoms with E-state index in [4.69, 9.17) is 5.11 Å².